The molecule has 3 aromatic rings. The van der Waals surface area contributed by atoms with Gasteiger partial charge in [0.15, 0.2) is 6.61 Å². The molecule has 0 saturated carbocycles. The minimum Gasteiger partial charge on any atom is -0.385 e. The van der Waals surface area contributed by atoms with Crippen LogP contribution in [0.15, 0.2) is 65.9 Å². The van der Waals surface area contributed by atoms with Crippen molar-refractivity contribution in [2.75, 3.05) is 38.6 Å². The fourth-order valence-electron chi connectivity index (χ4n) is 4.59. The van der Waals surface area contributed by atoms with Crippen molar-refractivity contribution in [3.8, 4) is 11.1 Å². The molecule has 2 aliphatic rings. The van der Waals surface area contributed by atoms with Gasteiger partial charge in [-0.15, -0.1) is 0 Å². The molecule has 1 amide bonds. The van der Waals surface area contributed by atoms with Crippen molar-refractivity contribution in [1.29, 1.82) is 0 Å². The minimum absolute atomic E-state index is 0.0942. The molecule has 0 bridgehead atoms. The van der Waals surface area contributed by atoms with Crippen molar-refractivity contribution < 1.29 is 14.4 Å². The summed E-state index contributed by atoms with van der Waals surface area (Å²) in [5, 5.41) is 4.38. The van der Waals surface area contributed by atoms with Crippen LogP contribution in [0.3, 0.4) is 0 Å². The molecule has 0 spiro atoms. The Morgan fingerprint density at radius 1 is 1.06 bits per heavy atom. The molecule has 0 radical (unpaired) electrons. The number of aromatic nitrogens is 2. The van der Waals surface area contributed by atoms with Crippen LogP contribution in [-0.2, 0) is 20.8 Å². The zero-order valence-electron chi connectivity index (χ0n) is 18.9. The van der Waals surface area contributed by atoms with E-state index in [1.165, 1.54) is 11.1 Å². The first-order valence-corrected chi connectivity index (χ1v) is 11.5. The normalized spacial score (nSPS) is 19.0. The quantitative estimate of drug-likeness (QED) is 0.591. The average Bonchev–Trinajstić information content (AvgIpc) is 2.89. The van der Waals surface area contributed by atoms with Crippen LogP contribution in [0.4, 0.5) is 5.95 Å². The molecule has 1 atom stereocenters. The lowest BCUT2D eigenvalue weighted by Gasteiger charge is -2.27. The first-order valence-electron chi connectivity index (χ1n) is 11.5. The molecule has 2 N–H and O–H groups in total. The Bertz CT molecular complexity index is 1190. The number of nitrogens with two attached hydrogens (primary N) is 1. The van der Waals surface area contributed by atoms with Gasteiger partial charge in [0, 0.05) is 31.3 Å². The predicted molar refractivity (Wildman–Crippen MR) is 129 cm³/mol. The van der Waals surface area contributed by atoms with E-state index in [-0.39, 0.29) is 24.4 Å². The highest BCUT2D eigenvalue weighted by Crippen LogP contribution is 2.37. The fourth-order valence-corrected chi connectivity index (χ4v) is 4.59. The van der Waals surface area contributed by atoms with Gasteiger partial charge in [0.25, 0.3) is 5.91 Å². The number of benzene rings is 2. The number of amides is 1. The van der Waals surface area contributed by atoms with E-state index >= 15 is 0 Å². The number of nitrogens with zero attached hydrogens (tertiary/aromatic N) is 4. The summed E-state index contributed by atoms with van der Waals surface area (Å²) in [7, 11) is 0. The standard InChI is InChI=1S/C26H27N5O3/c27-26-28-16-22-23(29-26)14-19(21-9-5-4-8-20(21)18-6-2-1-3-7-18)15-24(22)30-34-17-25(32)31-10-12-33-13-11-31/h1-9,16,19H,10-15,17H2,(H2,27,28,29). The number of hydrogen-bond donors (Lipinski definition) is 1. The van der Waals surface area contributed by atoms with Gasteiger partial charge in [0.2, 0.25) is 5.95 Å². The van der Waals surface area contributed by atoms with E-state index in [4.69, 9.17) is 15.3 Å². The van der Waals surface area contributed by atoms with Crippen molar-refractivity contribution in [2.45, 2.75) is 18.8 Å². The van der Waals surface area contributed by atoms with Crippen molar-refractivity contribution >= 4 is 17.6 Å². The van der Waals surface area contributed by atoms with Gasteiger partial charge in [-0.3, -0.25) is 4.79 Å². The molecule has 174 valence electrons. The van der Waals surface area contributed by atoms with Crippen LogP contribution >= 0.6 is 0 Å². The van der Waals surface area contributed by atoms with E-state index in [2.05, 4.69) is 51.5 Å². The molecule has 5 rings (SSSR count). The third kappa shape index (κ3) is 4.77. The van der Waals surface area contributed by atoms with Gasteiger partial charge in [-0.05, 0) is 29.0 Å². The number of morpholine rings is 1. The number of hydrogen-bond acceptors (Lipinski definition) is 7. The molecule has 1 aromatic heterocycles. The van der Waals surface area contributed by atoms with Crippen molar-refractivity contribution in [1.82, 2.24) is 14.9 Å². The van der Waals surface area contributed by atoms with Crippen molar-refractivity contribution in [3.63, 3.8) is 0 Å². The molecule has 1 unspecified atom stereocenters. The molecule has 8 nitrogen and oxygen atoms in total. The maximum Gasteiger partial charge on any atom is 0.263 e. The van der Waals surface area contributed by atoms with Crippen LogP contribution in [0.1, 0.15) is 29.2 Å². The smallest absolute Gasteiger partial charge is 0.263 e. The number of oxime groups is 1. The lowest BCUT2D eigenvalue weighted by Crippen LogP contribution is -2.42. The minimum atomic E-state index is -0.111. The highest BCUT2D eigenvalue weighted by atomic mass is 16.6. The largest absolute Gasteiger partial charge is 0.385 e. The van der Waals surface area contributed by atoms with E-state index in [1.54, 1.807) is 11.1 Å². The Balaban J connectivity index is 1.41. The molecule has 34 heavy (non-hydrogen) atoms. The summed E-state index contributed by atoms with van der Waals surface area (Å²) in [6, 6.07) is 18.7. The lowest BCUT2D eigenvalue weighted by atomic mass is 9.79. The second kappa shape index (κ2) is 10.0. The maximum atomic E-state index is 12.5. The molecular weight excluding hydrogens is 430 g/mol. The third-order valence-corrected chi connectivity index (χ3v) is 6.29. The van der Waals surface area contributed by atoms with Crippen LogP contribution < -0.4 is 5.73 Å². The number of fused-ring (bicyclic) bond motifs is 1. The van der Waals surface area contributed by atoms with Crippen molar-refractivity contribution in [2.24, 2.45) is 5.16 Å². The monoisotopic (exact) mass is 457 g/mol. The van der Waals surface area contributed by atoms with E-state index in [0.717, 1.165) is 29.0 Å². The maximum absolute atomic E-state index is 12.5. The highest BCUT2D eigenvalue weighted by molar-refractivity contribution is 6.02. The molecule has 1 aliphatic carbocycles. The van der Waals surface area contributed by atoms with Crippen LogP contribution in [0.2, 0.25) is 0 Å². The predicted octanol–water partition coefficient (Wildman–Crippen LogP) is 3.04. The average molecular weight is 458 g/mol. The van der Waals surface area contributed by atoms with Gasteiger partial charge < -0.3 is 20.2 Å². The van der Waals surface area contributed by atoms with Gasteiger partial charge in [-0.2, -0.15) is 0 Å². The number of ether oxygens (including phenoxy) is 1. The van der Waals surface area contributed by atoms with Crippen LogP contribution in [0, 0.1) is 0 Å². The summed E-state index contributed by atoms with van der Waals surface area (Å²) >= 11 is 0. The fraction of sp³-hybridized carbons (Fsp3) is 0.308. The lowest BCUT2D eigenvalue weighted by molar-refractivity contribution is -0.140. The number of carbonyl (C=O) groups is 1. The Labute approximate surface area is 198 Å². The van der Waals surface area contributed by atoms with Crippen LogP contribution in [0.25, 0.3) is 11.1 Å². The van der Waals surface area contributed by atoms with E-state index in [1.807, 2.05) is 18.2 Å². The number of rotatable bonds is 5. The number of carbonyl (C=O) groups excluding carboxylic acids is 1. The van der Waals surface area contributed by atoms with Gasteiger partial charge in [-0.1, -0.05) is 59.8 Å². The second-order valence-electron chi connectivity index (χ2n) is 8.45. The molecule has 1 fully saturated rings. The topological polar surface area (TPSA) is 103 Å². The summed E-state index contributed by atoms with van der Waals surface area (Å²) in [6.45, 7) is 2.14. The summed E-state index contributed by atoms with van der Waals surface area (Å²) in [6.07, 6.45) is 3.07. The first-order chi connectivity index (χ1) is 16.7. The molecule has 2 heterocycles. The highest BCUT2D eigenvalue weighted by Gasteiger charge is 2.29. The van der Waals surface area contributed by atoms with Gasteiger partial charge in [-0.25, -0.2) is 9.97 Å². The van der Waals surface area contributed by atoms with Gasteiger partial charge in [0.1, 0.15) is 0 Å². The molecule has 2 aromatic carbocycles. The summed E-state index contributed by atoms with van der Waals surface area (Å²) in [5.41, 5.74) is 11.9. The van der Waals surface area contributed by atoms with Gasteiger partial charge in [0.05, 0.1) is 24.6 Å². The van der Waals surface area contributed by atoms with Crippen LogP contribution in [-0.4, -0.2) is 59.4 Å². The van der Waals surface area contributed by atoms with E-state index in [9.17, 15) is 4.79 Å². The zero-order chi connectivity index (χ0) is 23.3. The summed E-state index contributed by atoms with van der Waals surface area (Å²) in [4.78, 5) is 28.4. The van der Waals surface area contributed by atoms with Gasteiger partial charge >= 0.3 is 0 Å². The van der Waals surface area contributed by atoms with E-state index in [0.29, 0.717) is 32.7 Å². The molecule has 1 aliphatic heterocycles. The Hall–Kier alpha value is -3.78. The molecule has 8 heteroatoms. The summed E-state index contributed by atoms with van der Waals surface area (Å²) in [5.74, 6) is 0.275. The Morgan fingerprint density at radius 2 is 1.82 bits per heavy atom. The SMILES string of the molecule is Nc1ncc2c(n1)CC(c1ccccc1-c1ccccc1)CC2=NOCC(=O)N1CCOCC1. The Morgan fingerprint density at radius 3 is 2.65 bits per heavy atom. The first kappa shape index (κ1) is 22.0. The van der Waals surface area contributed by atoms with Crippen LogP contribution in [0.5, 0.6) is 0 Å². The Kier molecular flexibility index (Phi) is 6.49. The molecular formula is C26H27N5O3. The number of anilines is 1. The van der Waals surface area contributed by atoms with E-state index < -0.39 is 0 Å². The summed E-state index contributed by atoms with van der Waals surface area (Å²) < 4.78 is 5.31. The van der Waals surface area contributed by atoms with Crippen molar-refractivity contribution in [3.05, 3.63) is 77.6 Å². The zero-order valence-corrected chi connectivity index (χ0v) is 18.9. The third-order valence-electron chi connectivity index (χ3n) is 6.29. The molecule has 1 saturated heterocycles. The number of nitrogen functional groups attached to an aromatic ring is 1. The second-order valence-corrected chi connectivity index (χ2v) is 8.45.